The van der Waals surface area contributed by atoms with E-state index in [9.17, 15) is 0 Å². The average Bonchev–Trinajstić information content (AvgIpc) is 2.40. The third kappa shape index (κ3) is 3.92. The lowest BCUT2D eigenvalue weighted by Gasteiger charge is -2.39. The summed E-state index contributed by atoms with van der Waals surface area (Å²) in [6, 6.07) is 0. The van der Waals surface area contributed by atoms with Crippen molar-refractivity contribution in [3.05, 3.63) is 0 Å². The number of morpholine rings is 1. The normalized spacial score (nSPS) is 34.7. The van der Waals surface area contributed by atoms with Crippen LogP contribution >= 0.6 is 0 Å². The first kappa shape index (κ1) is 14.3. The average molecular weight is 256 g/mol. The molecule has 0 amide bonds. The quantitative estimate of drug-likeness (QED) is 0.804. The summed E-state index contributed by atoms with van der Waals surface area (Å²) in [6.45, 7) is 8.60. The summed E-state index contributed by atoms with van der Waals surface area (Å²) in [5.41, 5.74) is 5.92. The molecule has 0 spiro atoms. The molecule has 1 saturated heterocycles. The van der Waals surface area contributed by atoms with Crippen LogP contribution in [0.1, 0.15) is 32.6 Å². The van der Waals surface area contributed by atoms with Crippen molar-refractivity contribution in [1.29, 1.82) is 0 Å². The first-order chi connectivity index (χ1) is 8.74. The number of hydrogen-bond donors (Lipinski definition) is 1. The van der Waals surface area contributed by atoms with Crippen LogP contribution in [0.25, 0.3) is 0 Å². The molecule has 0 bridgehead atoms. The Balaban J connectivity index is 1.72. The maximum atomic E-state index is 6.19. The van der Waals surface area contributed by atoms with E-state index in [-0.39, 0.29) is 5.60 Å². The zero-order valence-electron chi connectivity index (χ0n) is 11.7. The molecule has 1 aliphatic carbocycles. The van der Waals surface area contributed by atoms with Gasteiger partial charge in [0, 0.05) is 26.2 Å². The Labute approximate surface area is 111 Å². The Kier molecular flexibility index (Phi) is 5.42. The van der Waals surface area contributed by atoms with Crippen molar-refractivity contribution < 1.29 is 9.47 Å². The molecule has 0 radical (unpaired) electrons. The van der Waals surface area contributed by atoms with Gasteiger partial charge in [0.25, 0.3) is 0 Å². The molecule has 2 aliphatic rings. The molecule has 2 rings (SSSR count). The monoisotopic (exact) mass is 256 g/mol. The minimum Gasteiger partial charge on any atom is -0.379 e. The molecule has 1 heterocycles. The molecule has 1 saturated carbocycles. The molecule has 0 aromatic heterocycles. The topological polar surface area (TPSA) is 47.7 Å². The van der Waals surface area contributed by atoms with Crippen LogP contribution in [-0.2, 0) is 9.47 Å². The van der Waals surface area contributed by atoms with Gasteiger partial charge in [0.05, 0.1) is 25.4 Å². The van der Waals surface area contributed by atoms with E-state index in [2.05, 4.69) is 11.8 Å². The van der Waals surface area contributed by atoms with Gasteiger partial charge in [-0.05, 0) is 18.8 Å². The molecule has 2 atom stereocenters. The first-order valence-corrected chi connectivity index (χ1v) is 7.38. The maximum absolute atomic E-state index is 6.19. The standard InChI is InChI=1S/C14H28N2O2/c1-13-3-2-4-14(11-13,12-15)18-10-7-16-5-8-17-9-6-16/h13H,2-12,15H2,1H3. The van der Waals surface area contributed by atoms with Gasteiger partial charge in [-0.2, -0.15) is 0 Å². The molecule has 4 heteroatoms. The smallest absolute Gasteiger partial charge is 0.0807 e. The van der Waals surface area contributed by atoms with E-state index in [0.29, 0.717) is 6.54 Å². The Morgan fingerprint density at radius 2 is 2.17 bits per heavy atom. The summed E-state index contributed by atoms with van der Waals surface area (Å²) in [7, 11) is 0. The van der Waals surface area contributed by atoms with Crippen LogP contribution in [0.4, 0.5) is 0 Å². The van der Waals surface area contributed by atoms with Crippen LogP contribution in [0.15, 0.2) is 0 Å². The van der Waals surface area contributed by atoms with Crippen molar-refractivity contribution in [3.63, 3.8) is 0 Å². The number of nitrogens with zero attached hydrogens (tertiary/aromatic N) is 1. The SMILES string of the molecule is CC1CCCC(CN)(OCCN2CCOCC2)C1. The van der Waals surface area contributed by atoms with Gasteiger partial charge in [-0.25, -0.2) is 0 Å². The van der Waals surface area contributed by atoms with Gasteiger partial charge in [0.2, 0.25) is 0 Å². The molecule has 0 aromatic carbocycles. The second-order valence-electron chi connectivity index (χ2n) is 5.89. The number of ether oxygens (including phenoxy) is 2. The van der Waals surface area contributed by atoms with Crippen molar-refractivity contribution >= 4 is 0 Å². The molecule has 2 fully saturated rings. The molecule has 4 nitrogen and oxygen atoms in total. The highest BCUT2D eigenvalue weighted by molar-refractivity contribution is 4.88. The van der Waals surface area contributed by atoms with Gasteiger partial charge in [0.15, 0.2) is 0 Å². The summed E-state index contributed by atoms with van der Waals surface area (Å²) < 4.78 is 11.5. The minimum absolute atomic E-state index is 0.0377. The lowest BCUT2D eigenvalue weighted by atomic mass is 9.79. The van der Waals surface area contributed by atoms with Gasteiger partial charge in [0.1, 0.15) is 0 Å². The van der Waals surface area contributed by atoms with Crippen LogP contribution in [0.3, 0.4) is 0 Å². The fraction of sp³-hybridized carbons (Fsp3) is 1.00. The van der Waals surface area contributed by atoms with Gasteiger partial charge in [-0.1, -0.05) is 19.8 Å². The van der Waals surface area contributed by atoms with E-state index in [4.69, 9.17) is 15.2 Å². The van der Waals surface area contributed by atoms with E-state index in [1.807, 2.05) is 0 Å². The van der Waals surface area contributed by atoms with Gasteiger partial charge in [-0.15, -0.1) is 0 Å². The highest BCUT2D eigenvalue weighted by atomic mass is 16.5. The van der Waals surface area contributed by atoms with Crippen LogP contribution < -0.4 is 5.73 Å². The first-order valence-electron chi connectivity index (χ1n) is 7.38. The molecular weight excluding hydrogens is 228 g/mol. The largest absolute Gasteiger partial charge is 0.379 e. The molecule has 18 heavy (non-hydrogen) atoms. The lowest BCUT2D eigenvalue weighted by molar-refractivity contribution is -0.0838. The van der Waals surface area contributed by atoms with Crippen molar-refractivity contribution in [2.75, 3.05) is 46.0 Å². The number of rotatable bonds is 5. The molecule has 0 aromatic rings. The Morgan fingerprint density at radius 3 is 2.83 bits per heavy atom. The summed E-state index contributed by atoms with van der Waals surface area (Å²) in [5, 5.41) is 0. The van der Waals surface area contributed by atoms with Crippen molar-refractivity contribution in [3.8, 4) is 0 Å². The highest BCUT2D eigenvalue weighted by Crippen LogP contribution is 2.34. The number of hydrogen-bond acceptors (Lipinski definition) is 4. The van der Waals surface area contributed by atoms with Gasteiger partial charge in [-0.3, -0.25) is 4.90 Å². The van der Waals surface area contributed by atoms with E-state index in [1.165, 1.54) is 12.8 Å². The second kappa shape index (κ2) is 6.85. The molecule has 1 aliphatic heterocycles. The van der Waals surface area contributed by atoms with E-state index in [0.717, 1.165) is 58.2 Å². The number of nitrogens with two attached hydrogens (primary N) is 1. The summed E-state index contributed by atoms with van der Waals surface area (Å²) >= 11 is 0. The van der Waals surface area contributed by atoms with Crippen molar-refractivity contribution in [1.82, 2.24) is 4.90 Å². The molecule has 2 unspecified atom stereocenters. The summed E-state index contributed by atoms with van der Waals surface area (Å²) in [4.78, 5) is 2.42. The van der Waals surface area contributed by atoms with Gasteiger partial charge < -0.3 is 15.2 Å². The zero-order valence-corrected chi connectivity index (χ0v) is 11.7. The highest BCUT2D eigenvalue weighted by Gasteiger charge is 2.34. The molecule has 106 valence electrons. The Morgan fingerprint density at radius 1 is 1.39 bits per heavy atom. The third-order valence-electron chi connectivity index (χ3n) is 4.34. The van der Waals surface area contributed by atoms with Gasteiger partial charge >= 0.3 is 0 Å². The van der Waals surface area contributed by atoms with E-state index >= 15 is 0 Å². The van der Waals surface area contributed by atoms with Crippen molar-refractivity contribution in [2.45, 2.75) is 38.2 Å². The predicted molar refractivity (Wildman–Crippen MR) is 72.6 cm³/mol. The maximum Gasteiger partial charge on any atom is 0.0807 e. The van der Waals surface area contributed by atoms with E-state index < -0.39 is 0 Å². The summed E-state index contributed by atoms with van der Waals surface area (Å²) in [5.74, 6) is 0.755. The Hall–Kier alpha value is -0.160. The minimum atomic E-state index is -0.0377. The molecular formula is C14H28N2O2. The van der Waals surface area contributed by atoms with Crippen LogP contribution in [0, 0.1) is 5.92 Å². The third-order valence-corrected chi connectivity index (χ3v) is 4.34. The second-order valence-corrected chi connectivity index (χ2v) is 5.89. The summed E-state index contributed by atoms with van der Waals surface area (Å²) in [6.07, 6.45) is 4.86. The van der Waals surface area contributed by atoms with Crippen molar-refractivity contribution in [2.24, 2.45) is 11.7 Å². The van der Waals surface area contributed by atoms with Crippen LogP contribution in [-0.4, -0.2) is 56.5 Å². The fourth-order valence-corrected chi connectivity index (χ4v) is 3.20. The Bertz CT molecular complexity index is 244. The molecule has 2 N–H and O–H groups in total. The lowest BCUT2D eigenvalue weighted by Crippen LogP contribution is -2.46. The van der Waals surface area contributed by atoms with E-state index in [1.54, 1.807) is 0 Å². The van der Waals surface area contributed by atoms with Crippen LogP contribution in [0.5, 0.6) is 0 Å². The van der Waals surface area contributed by atoms with Crippen LogP contribution in [0.2, 0.25) is 0 Å². The zero-order chi connectivity index (χ0) is 12.8. The fourth-order valence-electron chi connectivity index (χ4n) is 3.20. The predicted octanol–water partition coefficient (Wildman–Crippen LogP) is 1.24.